The molecule has 0 bridgehead atoms. The van der Waals surface area contributed by atoms with Crippen molar-refractivity contribution in [3.63, 3.8) is 0 Å². The maximum Gasteiger partial charge on any atom is 0.392 e. The molecule has 0 aromatic heterocycles. The van der Waals surface area contributed by atoms with Crippen LogP contribution < -0.4 is 0 Å². The SMILES string of the molecule is O=C(Cc1cccc(F)c1F)C1CCCCC1C(F)(F)F. The van der Waals surface area contributed by atoms with E-state index in [9.17, 15) is 26.7 Å². The van der Waals surface area contributed by atoms with Gasteiger partial charge in [-0.15, -0.1) is 0 Å². The van der Waals surface area contributed by atoms with E-state index in [0.717, 1.165) is 6.07 Å². The van der Waals surface area contributed by atoms with E-state index in [1.165, 1.54) is 12.1 Å². The Hall–Kier alpha value is -1.46. The highest BCUT2D eigenvalue weighted by atomic mass is 19.4. The Morgan fingerprint density at radius 3 is 2.48 bits per heavy atom. The van der Waals surface area contributed by atoms with Gasteiger partial charge in [0.25, 0.3) is 0 Å². The first-order valence-electron chi connectivity index (χ1n) is 6.83. The van der Waals surface area contributed by atoms with Crippen molar-refractivity contribution < 1.29 is 26.7 Å². The fourth-order valence-corrected chi connectivity index (χ4v) is 2.91. The molecule has 0 amide bonds. The normalized spacial score (nSPS) is 23.1. The molecular weight excluding hydrogens is 291 g/mol. The van der Waals surface area contributed by atoms with Crippen LogP contribution in [0.4, 0.5) is 22.0 Å². The van der Waals surface area contributed by atoms with Crippen molar-refractivity contribution in [2.45, 2.75) is 38.3 Å². The molecule has 0 heterocycles. The number of halogens is 5. The van der Waals surface area contributed by atoms with Crippen molar-refractivity contribution in [1.82, 2.24) is 0 Å². The third kappa shape index (κ3) is 3.60. The van der Waals surface area contributed by atoms with E-state index in [1.54, 1.807) is 0 Å². The second-order valence-electron chi connectivity index (χ2n) is 5.40. The molecule has 2 atom stereocenters. The van der Waals surface area contributed by atoms with Crippen LogP contribution in [0.15, 0.2) is 18.2 Å². The van der Waals surface area contributed by atoms with Gasteiger partial charge >= 0.3 is 6.18 Å². The lowest BCUT2D eigenvalue weighted by atomic mass is 9.75. The second-order valence-corrected chi connectivity index (χ2v) is 5.40. The van der Waals surface area contributed by atoms with Gasteiger partial charge in [-0.2, -0.15) is 13.2 Å². The number of benzene rings is 1. The second kappa shape index (κ2) is 6.12. The average molecular weight is 306 g/mol. The van der Waals surface area contributed by atoms with E-state index in [4.69, 9.17) is 0 Å². The Morgan fingerprint density at radius 1 is 1.14 bits per heavy atom. The van der Waals surface area contributed by atoms with Crippen molar-refractivity contribution in [1.29, 1.82) is 0 Å². The van der Waals surface area contributed by atoms with E-state index in [2.05, 4.69) is 0 Å². The summed E-state index contributed by atoms with van der Waals surface area (Å²) in [7, 11) is 0. The third-order valence-electron chi connectivity index (χ3n) is 4.00. The molecule has 0 saturated heterocycles. The van der Waals surface area contributed by atoms with Gasteiger partial charge in [0, 0.05) is 12.3 Å². The van der Waals surface area contributed by atoms with Crippen molar-refractivity contribution in [2.24, 2.45) is 11.8 Å². The monoisotopic (exact) mass is 306 g/mol. The van der Waals surface area contributed by atoms with Gasteiger partial charge in [0.1, 0.15) is 5.78 Å². The first-order valence-corrected chi connectivity index (χ1v) is 6.83. The highest BCUT2D eigenvalue weighted by Gasteiger charge is 2.47. The van der Waals surface area contributed by atoms with E-state index in [0.29, 0.717) is 12.8 Å². The van der Waals surface area contributed by atoms with Crippen LogP contribution in [-0.2, 0) is 11.2 Å². The predicted molar refractivity (Wildman–Crippen MR) is 66.6 cm³/mol. The van der Waals surface area contributed by atoms with Crippen LogP contribution >= 0.6 is 0 Å². The van der Waals surface area contributed by atoms with Crippen molar-refractivity contribution in [2.75, 3.05) is 0 Å². The van der Waals surface area contributed by atoms with Crippen LogP contribution in [0, 0.1) is 23.5 Å². The first kappa shape index (κ1) is 15.9. The lowest BCUT2D eigenvalue weighted by Crippen LogP contribution is -2.38. The summed E-state index contributed by atoms with van der Waals surface area (Å²) in [4.78, 5) is 12.1. The summed E-state index contributed by atoms with van der Waals surface area (Å²) in [5.74, 6) is -5.75. The molecule has 0 radical (unpaired) electrons. The Balaban J connectivity index is 2.16. The van der Waals surface area contributed by atoms with Gasteiger partial charge in [-0.25, -0.2) is 8.78 Å². The zero-order chi connectivity index (χ0) is 15.6. The van der Waals surface area contributed by atoms with Crippen LogP contribution in [0.25, 0.3) is 0 Å². The maximum atomic E-state index is 13.5. The van der Waals surface area contributed by atoms with Gasteiger partial charge in [0.15, 0.2) is 11.6 Å². The minimum atomic E-state index is -4.43. The maximum absolute atomic E-state index is 13.5. The number of ketones is 1. The molecule has 2 unspecified atom stereocenters. The molecule has 2 rings (SSSR count). The van der Waals surface area contributed by atoms with Gasteiger partial charge < -0.3 is 0 Å². The Kier molecular flexibility index (Phi) is 4.64. The highest BCUT2D eigenvalue weighted by Crippen LogP contribution is 2.42. The molecule has 1 fully saturated rings. The quantitative estimate of drug-likeness (QED) is 0.754. The fourth-order valence-electron chi connectivity index (χ4n) is 2.91. The molecule has 1 aliphatic carbocycles. The number of Topliss-reactive ketones (excluding diaryl/α,β-unsaturated/α-hetero) is 1. The van der Waals surface area contributed by atoms with E-state index in [1.807, 2.05) is 0 Å². The zero-order valence-electron chi connectivity index (χ0n) is 11.2. The smallest absolute Gasteiger partial charge is 0.299 e. The van der Waals surface area contributed by atoms with Crippen LogP contribution in [-0.4, -0.2) is 12.0 Å². The average Bonchev–Trinajstić information content (AvgIpc) is 2.43. The number of carbonyl (C=O) groups is 1. The van der Waals surface area contributed by atoms with E-state index >= 15 is 0 Å². The fraction of sp³-hybridized carbons (Fsp3) is 0.533. The number of hydrogen-bond acceptors (Lipinski definition) is 1. The molecule has 1 aromatic carbocycles. The van der Waals surface area contributed by atoms with Crippen LogP contribution in [0.5, 0.6) is 0 Å². The molecule has 116 valence electrons. The molecule has 1 nitrogen and oxygen atoms in total. The van der Waals surface area contributed by atoms with Gasteiger partial charge in [0.05, 0.1) is 5.92 Å². The molecule has 1 aliphatic rings. The Morgan fingerprint density at radius 2 is 1.81 bits per heavy atom. The molecule has 1 saturated carbocycles. The van der Waals surface area contributed by atoms with E-state index < -0.39 is 41.9 Å². The molecule has 0 aliphatic heterocycles. The number of hydrogen-bond donors (Lipinski definition) is 0. The lowest BCUT2D eigenvalue weighted by Gasteiger charge is -2.32. The van der Waals surface area contributed by atoms with Gasteiger partial charge in [0.2, 0.25) is 0 Å². The van der Waals surface area contributed by atoms with Crippen molar-refractivity contribution >= 4 is 5.78 Å². The minimum absolute atomic E-state index is 0.0778. The topological polar surface area (TPSA) is 17.1 Å². The summed E-state index contributed by atoms with van der Waals surface area (Å²) in [6, 6.07) is 3.37. The summed E-state index contributed by atoms with van der Waals surface area (Å²) in [6.45, 7) is 0. The molecule has 1 aromatic rings. The summed E-state index contributed by atoms with van der Waals surface area (Å²) in [5.41, 5.74) is -0.188. The minimum Gasteiger partial charge on any atom is -0.299 e. The summed E-state index contributed by atoms with van der Waals surface area (Å²) >= 11 is 0. The molecule has 6 heteroatoms. The summed E-state index contributed by atoms with van der Waals surface area (Å²) in [6.07, 6.45) is -3.87. The zero-order valence-corrected chi connectivity index (χ0v) is 11.2. The highest BCUT2D eigenvalue weighted by molar-refractivity contribution is 5.83. The van der Waals surface area contributed by atoms with Crippen LogP contribution in [0.2, 0.25) is 0 Å². The van der Waals surface area contributed by atoms with Crippen LogP contribution in [0.1, 0.15) is 31.2 Å². The van der Waals surface area contributed by atoms with Gasteiger partial charge in [-0.1, -0.05) is 25.0 Å². The summed E-state index contributed by atoms with van der Waals surface area (Å²) < 4.78 is 65.4. The van der Waals surface area contributed by atoms with Gasteiger partial charge in [-0.3, -0.25) is 4.79 Å². The summed E-state index contributed by atoms with van der Waals surface area (Å²) in [5, 5.41) is 0. The van der Waals surface area contributed by atoms with E-state index in [-0.39, 0.29) is 18.4 Å². The predicted octanol–water partition coefficient (Wildman–Crippen LogP) is 4.45. The number of carbonyl (C=O) groups excluding carboxylic acids is 1. The van der Waals surface area contributed by atoms with Crippen LogP contribution in [0.3, 0.4) is 0 Å². The third-order valence-corrected chi connectivity index (χ3v) is 4.00. The van der Waals surface area contributed by atoms with Gasteiger partial charge in [-0.05, 0) is 24.5 Å². The Bertz CT molecular complexity index is 523. The first-order chi connectivity index (χ1) is 9.80. The largest absolute Gasteiger partial charge is 0.392 e. The molecular formula is C15H15F5O. The molecule has 21 heavy (non-hydrogen) atoms. The number of rotatable bonds is 3. The van der Waals surface area contributed by atoms with Crippen molar-refractivity contribution in [3.05, 3.63) is 35.4 Å². The molecule has 0 N–H and O–H groups in total. The lowest BCUT2D eigenvalue weighted by molar-refractivity contribution is -0.197. The van der Waals surface area contributed by atoms with Crippen molar-refractivity contribution in [3.8, 4) is 0 Å². The number of alkyl halides is 3. The standard InChI is InChI=1S/C15H15F5O/c16-12-7-3-4-9(14(12)17)8-13(21)10-5-1-2-6-11(10)15(18,19)20/h3-4,7,10-11H,1-2,5-6,8H2. The molecule has 0 spiro atoms. The Labute approximate surface area is 119 Å².